The molecule has 0 bridgehead atoms. The first-order chi connectivity index (χ1) is 8.57. The molecule has 0 fully saturated rings. The van der Waals surface area contributed by atoms with Crippen molar-refractivity contribution >= 4 is 41.8 Å². The van der Waals surface area contributed by atoms with Gasteiger partial charge < -0.3 is 10.2 Å². The highest BCUT2D eigenvalue weighted by atomic mass is 127. The predicted octanol–water partition coefficient (Wildman–Crippen LogP) is 0.697. The molecule has 0 atom stereocenters. The van der Waals surface area contributed by atoms with E-state index in [1.807, 2.05) is 0 Å². The zero-order valence-corrected chi connectivity index (χ0v) is 11.7. The van der Waals surface area contributed by atoms with Crippen LogP contribution in [0.2, 0.25) is 0 Å². The van der Waals surface area contributed by atoms with E-state index in [-0.39, 0.29) is 0 Å². The van der Waals surface area contributed by atoms with Crippen LogP contribution in [0.15, 0.2) is 17.0 Å². The maximum absolute atomic E-state index is 11.1. The summed E-state index contributed by atoms with van der Waals surface area (Å²) in [4.78, 5) is 20.3. The van der Waals surface area contributed by atoms with Gasteiger partial charge in [-0.15, -0.1) is 0 Å². The monoisotopic (exact) mass is 404 g/mol. The topological polar surface area (TPSA) is 163 Å². The van der Waals surface area contributed by atoms with Gasteiger partial charge in [0.1, 0.15) is 4.90 Å². The van der Waals surface area contributed by atoms with E-state index in [2.05, 4.69) is 0 Å². The molecule has 0 aliphatic heterocycles. The SMILES string of the molecule is O=C(O)c1ccc(I(=O)=O)c(S(=O)(=O)O)c1C(=O)O. The first-order valence-electron chi connectivity index (χ1n) is 4.23. The molecule has 3 N–H and O–H groups in total. The van der Waals surface area contributed by atoms with E-state index >= 15 is 0 Å². The van der Waals surface area contributed by atoms with Crippen LogP contribution in [0.3, 0.4) is 0 Å². The van der Waals surface area contributed by atoms with Crippen LogP contribution in [0.25, 0.3) is 0 Å². The summed E-state index contributed by atoms with van der Waals surface area (Å²) < 4.78 is 52.1. The van der Waals surface area contributed by atoms with Crippen LogP contribution in [0.4, 0.5) is 0 Å². The molecule has 0 saturated carbocycles. The van der Waals surface area contributed by atoms with Gasteiger partial charge in [0.25, 0.3) is 10.1 Å². The highest BCUT2D eigenvalue weighted by molar-refractivity contribution is 14.2. The van der Waals surface area contributed by atoms with Crippen molar-refractivity contribution in [3.8, 4) is 0 Å². The lowest BCUT2D eigenvalue weighted by Crippen LogP contribution is -2.16. The quantitative estimate of drug-likeness (QED) is 0.484. The van der Waals surface area contributed by atoms with Gasteiger partial charge in [0.05, 0.1) is 14.7 Å². The summed E-state index contributed by atoms with van der Waals surface area (Å²) in [6, 6.07) is 1.28. The lowest BCUT2D eigenvalue weighted by Gasteiger charge is -2.08. The van der Waals surface area contributed by atoms with Crippen LogP contribution in [0, 0.1) is 3.57 Å². The second kappa shape index (κ2) is 5.18. The Hall–Kier alpha value is -1.60. The van der Waals surface area contributed by atoms with E-state index in [4.69, 9.17) is 14.8 Å². The highest BCUT2D eigenvalue weighted by Crippen LogP contribution is 2.30. The highest BCUT2D eigenvalue weighted by Gasteiger charge is 2.31. The molecule has 19 heavy (non-hydrogen) atoms. The first-order valence-corrected chi connectivity index (χ1v) is 8.51. The van der Waals surface area contributed by atoms with E-state index in [0.29, 0.717) is 12.1 Å². The molecule has 1 aromatic carbocycles. The summed E-state index contributed by atoms with van der Waals surface area (Å²) in [5.74, 6) is -3.75. The van der Waals surface area contributed by atoms with Crippen molar-refractivity contribution in [2.75, 3.05) is 0 Å². The molecule has 0 aliphatic carbocycles. The number of benzene rings is 1. The van der Waals surface area contributed by atoms with Gasteiger partial charge in [-0.1, -0.05) is 0 Å². The van der Waals surface area contributed by atoms with Crippen LogP contribution < -0.4 is 0 Å². The third kappa shape index (κ3) is 3.05. The van der Waals surface area contributed by atoms with Gasteiger partial charge in [-0.25, -0.2) is 15.7 Å². The fourth-order valence-corrected chi connectivity index (χ4v) is 4.49. The maximum Gasteiger partial charge on any atom is 0.342 e. The number of hydrogen-bond donors (Lipinski definition) is 3. The predicted molar refractivity (Wildman–Crippen MR) is 64.3 cm³/mol. The minimum absolute atomic E-state index is 0.629. The Morgan fingerprint density at radius 3 is 1.89 bits per heavy atom. The summed E-state index contributed by atoms with van der Waals surface area (Å²) in [6.45, 7) is 0. The molecule has 0 amide bonds. The van der Waals surface area contributed by atoms with Crippen molar-refractivity contribution < 1.29 is 38.9 Å². The van der Waals surface area contributed by atoms with E-state index in [0.717, 1.165) is 0 Å². The smallest absolute Gasteiger partial charge is 0.342 e. The minimum Gasteiger partial charge on any atom is -0.478 e. The molecule has 11 heteroatoms. The van der Waals surface area contributed by atoms with Crippen molar-refractivity contribution in [2.45, 2.75) is 4.90 Å². The van der Waals surface area contributed by atoms with Gasteiger partial charge in [0, 0.05) is 0 Å². The molecule has 1 rings (SSSR count). The fourth-order valence-electron chi connectivity index (χ4n) is 1.32. The number of rotatable bonds is 4. The van der Waals surface area contributed by atoms with Gasteiger partial charge in [-0.05, 0) is 12.1 Å². The van der Waals surface area contributed by atoms with Gasteiger partial charge >= 0.3 is 31.7 Å². The number of halogens is 1. The van der Waals surface area contributed by atoms with Crippen LogP contribution in [-0.4, -0.2) is 35.1 Å². The summed E-state index contributed by atoms with van der Waals surface area (Å²) in [5.41, 5.74) is -2.23. The Morgan fingerprint density at radius 1 is 1.05 bits per heavy atom. The summed E-state index contributed by atoms with van der Waals surface area (Å²) >= 11 is -4.46. The number of carbonyl (C=O) groups is 2. The number of hydrogen-bond acceptors (Lipinski definition) is 6. The Labute approximate surface area is 112 Å². The zero-order valence-electron chi connectivity index (χ0n) is 8.73. The third-order valence-electron chi connectivity index (χ3n) is 1.98. The van der Waals surface area contributed by atoms with Crippen molar-refractivity contribution in [2.24, 2.45) is 0 Å². The third-order valence-corrected chi connectivity index (χ3v) is 5.13. The molecule has 1 aromatic rings. The molecular formula is C8H5IO9S. The van der Waals surface area contributed by atoms with Gasteiger partial charge in [0.15, 0.2) is 0 Å². The maximum atomic E-state index is 11.1. The summed E-state index contributed by atoms with van der Waals surface area (Å²) in [7, 11) is -5.22. The van der Waals surface area contributed by atoms with Crippen molar-refractivity contribution in [3.05, 3.63) is 26.8 Å². The van der Waals surface area contributed by atoms with E-state index in [9.17, 15) is 24.1 Å². The molecule has 0 spiro atoms. The van der Waals surface area contributed by atoms with Crippen LogP contribution in [-0.2, 0) is 16.3 Å². The molecule has 0 radical (unpaired) electrons. The fraction of sp³-hybridized carbons (Fsp3) is 0. The lowest BCUT2D eigenvalue weighted by atomic mass is 10.1. The molecular weight excluding hydrogens is 399 g/mol. The number of carboxylic acid groups (broad SMARTS) is 2. The minimum atomic E-state index is -5.22. The van der Waals surface area contributed by atoms with Crippen molar-refractivity contribution in [1.29, 1.82) is 0 Å². The normalized spacial score (nSPS) is 11.5. The van der Waals surface area contributed by atoms with E-state index in [1.165, 1.54) is 0 Å². The number of carboxylic acids is 2. The molecule has 9 nitrogen and oxygen atoms in total. The molecule has 0 heterocycles. The molecule has 0 saturated heterocycles. The largest absolute Gasteiger partial charge is 0.478 e. The standard InChI is InChI=1S/C8H5IO9S/c10-7(11)3-1-2-4(9(14)15)6(19(16,17)18)5(3)8(12)13/h1-2H,(H,10,11)(H,12,13)(H,16,17,18). The Morgan fingerprint density at radius 2 is 1.58 bits per heavy atom. The van der Waals surface area contributed by atoms with Crippen LogP contribution in [0.5, 0.6) is 0 Å². The van der Waals surface area contributed by atoms with Gasteiger partial charge in [-0.3, -0.25) is 4.55 Å². The molecule has 0 aromatic heterocycles. The molecule has 104 valence electrons. The van der Waals surface area contributed by atoms with Gasteiger partial charge in [0.2, 0.25) is 0 Å². The summed E-state index contributed by atoms with van der Waals surface area (Å²) in [5, 5.41) is 17.6. The van der Waals surface area contributed by atoms with E-state index < -0.39 is 61.4 Å². The summed E-state index contributed by atoms with van der Waals surface area (Å²) in [6.07, 6.45) is 0. The first kappa shape index (κ1) is 15.5. The van der Waals surface area contributed by atoms with Crippen molar-refractivity contribution in [3.63, 3.8) is 0 Å². The molecule has 0 aliphatic rings. The number of aromatic carboxylic acids is 2. The average Bonchev–Trinajstić information content (AvgIpc) is 2.25. The molecule has 0 unspecified atom stereocenters. The zero-order chi connectivity index (χ0) is 15.0. The van der Waals surface area contributed by atoms with Crippen LogP contribution in [0.1, 0.15) is 20.7 Å². The van der Waals surface area contributed by atoms with E-state index in [1.54, 1.807) is 0 Å². The van der Waals surface area contributed by atoms with Crippen LogP contribution >= 0.6 is 19.8 Å². The van der Waals surface area contributed by atoms with Crippen molar-refractivity contribution in [1.82, 2.24) is 0 Å². The Kier molecular flexibility index (Phi) is 4.21. The Balaban J connectivity index is 4.05. The van der Waals surface area contributed by atoms with Gasteiger partial charge in [-0.2, -0.15) is 8.42 Å². The lowest BCUT2D eigenvalue weighted by molar-refractivity contribution is 0.0648. The second-order valence-electron chi connectivity index (χ2n) is 3.10. The average molecular weight is 404 g/mol. The second-order valence-corrected chi connectivity index (χ2v) is 6.86. The Bertz CT molecular complexity index is 736.